The van der Waals surface area contributed by atoms with Crippen molar-refractivity contribution < 1.29 is 27.2 Å². The molecule has 14 nitrogen and oxygen atoms in total. The van der Waals surface area contributed by atoms with E-state index in [9.17, 15) is 27.2 Å². The number of amides is 2. The van der Waals surface area contributed by atoms with Crippen LogP contribution in [0.25, 0.3) is 28.7 Å². The lowest BCUT2D eigenvalue weighted by atomic mass is 9.88. The van der Waals surface area contributed by atoms with Gasteiger partial charge in [0.1, 0.15) is 35.1 Å². The first-order chi connectivity index (χ1) is 30.4. The highest BCUT2D eigenvalue weighted by molar-refractivity contribution is 6.28. The number of rotatable bonds is 7. The Kier molecular flexibility index (Phi) is 13.6. The summed E-state index contributed by atoms with van der Waals surface area (Å²) >= 11 is 5.93. The van der Waals surface area contributed by atoms with E-state index < -0.39 is 23.3 Å². The summed E-state index contributed by atoms with van der Waals surface area (Å²) < 4.78 is 54.1. The Morgan fingerprint density at radius 1 is 0.688 bits per heavy atom. The number of imidazole rings is 2. The van der Waals surface area contributed by atoms with Gasteiger partial charge in [0.2, 0.25) is 23.0 Å². The van der Waals surface area contributed by atoms with Gasteiger partial charge in [0, 0.05) is 62.1 Å². The summed E-state index contributed by atoms with van der Waals surface area (Å²) in [6, 6.07) is 7.58. The topological polar surface area (TPSA) is 145 Å². The molecule has 0 saturated heterocycles. The average Bonchev–Trinajstić information content (AvgIpc) is 3.97. The molecule has 2 saturated carbocycles. The summed E-state index contributed by atoms with van der Waals surface area (Å²) in [7, 11) is 3.52. The molecule has 2 fully saturated rings. The highest BCUT2D eigenvalue weighted by atomic mass is 35.5. The molecule has 2 aliphatic carbocycles. The van der Waals surface area contributed by atoms with Crippen LogP contribution in [0, 0.1) is 23.3 Å². The van der Waals surface area contributed by atoms with Gasteiger partial charge in [0.05, 0.1) is 12.4 Å². The molecule has 1 N–H and O–H groups in total. The predicted octanol–water partition coefficient (Wildman–Crippen LogP) is 8.96. The molecule has 10 rings (SSSR count). The SMILES string of the molecule is C.CC[C@@H]1C(=O)N(C)c2cnc(-n3ccnc3-c3ccc(F)c(F)c3)nc2N1C1CCC1.CC[C@@H]1C(=O)N(C)c2cnc(Cl)nc2N1C1CCC1.Fc1ccc(-c2ncc[nH]2)cc1F. The summed E-state index contributed by atoms with van der Waals surface area (Å²) in [5.41, 5.74) is 2.37. The lowest BCUT2D eigenvalue weighted by molar-refractivity contribution is -0.121. The lowest BCUT2D eigenvalue weighted by Gasteiger charge is -2.47. The van der Waals surface area contributed by atoms with Crippen LogP contribution in [-0.4, -0.2) is 89.5 Å². The van der Waals surface area contributed by atoms with E-state index in [0.29, 0.717) is 52.7 Å². The Labute approximate surface area is 373 Å². The Balaban J connectivity index is 0.000000158. The van der Waals surface area contributed by atoms with Crippen molar-refractivity contribution >= 4 is 46.4 Å². The average molecular weight is 901 g/mol. The van der Waals surface area contributed by atoms with Gasteiger partial charge in [-0.2, -0.15) is 9.97 Å². The van der Waals surface area contributed by atoms with E-state index >= 15 is 0 Å². The van der Waals surface area contributed by atoms with Gasteiger partial charge in [-0.15, -0.1) is 0 Å². The van der Waals surface area contributed by atoms with Gasteiger partial charge >= 0.3 is 0 Å². The highest BCUT2D eigenvalue weighted by Crippen LogP contribution is 2.42. The normalized spacial score (nSPS) is 18.1. The third-order valence-corrected chi connectivity index (χ3v) is 12.2. The number of nitrogens with one attached hydrogen (secondary N) is 1. The maximum absolute atomic E-state index is 13.8. The number of carbonyl (C=O) groups is 2. The number of hydrogen-bond donors (Lipinski definition) is 1. The van der Waals surface area contributed by atoms with Crippen LogP contribution < -0.4 is 19.6 Å². The van der Waals surface area contributed by atoms with Crippen molar-refractivity contribution in [3.8, 4) is 28.7 Å². The van der Waals surface area contributed by atoms with Crippen molar-refractivity contribution in [1.82, 2.24) is 39.5 Å². The van der Waals surface area contributed by atoms with Crippen molar-refractivity contribution in [2.24, 2.45) is 0 Å². The first kappa shape index (κ1) is 45.6. The Hall–Kier alpha value is -6.43. The van der Waals surface area contributed by atoms with Crippen molar-refractivity contribution in [3.05, 3.63) is 102 Å². The van der Waals surface area contributed by atoms with E-state index in [-0.39, 0.29) is 42.7 Å². The minimum atomic E-state index is -0.944. The van der Waals surface area contributed by atoms with Crippen LogP contribution in [0.15, 0.2) is 73.6 Å². The minimum absolute atomic E-state index is 0. The number of carbonyl (C=O) groups excluding carboxylic acids is 2. The number of likely N-dealkylation sites (N-methyl/N-ethyl adjacent to an activating group) is 2. The van der Waals surface area contributed by atoms with Gasteiger partial charge in [-0.25, -0.2) is 37.5 Å². The number of benzene rings is 2. The molecule has 0 spiro atoms. The first-order valence-corrected chi connectivity index (χ1v) is 21.2. The molecule has 4 aliphatic rings. The fourth-order valence-electron chi connectivity index (χ4n) is 8.20. The maximum Gasteiger partial charge on any atom is 0.249 e. The van der Waals surface area contributed by atoms with Crippen molar-refractivity contribution in [3.63, 3.8) is 0 Å². The quantitative estimate of drug-likeness (QED) is 0.122. The second-order valence-electron chi connectivity index (χ2n) is 15.7. The molecule has 2 aliphatic heterocycles. The number of fused-ring (bicyclic) bond motifs is 2. The minimum Gasteiger partial charge on any atom is -0.345 e. The summed E-state index contributed by atoms with van der Waals surface area (Å²) in [6.07, 6.45) is 17.8. The largest absolute Gasteiger partial charge is 0.345 e. The van der Waals surface area contributed by atoms with E-state index in [1.165, 1.54) is 18.6 Å². The fourth-order valence-corrected chi connectivity index (χ4v) is 8.33. The molecule has 64 heavy (non-hydrogen) atoms. The number of H-pyrrole nitrogens is 1. The maximum atomic E-state index is 13.8. The summed E-state index contributed by atoms with van der Waals surface area (Å²) in [5, 5.41) is 0.237. The fraction of sp³-hybridized carbons (Fsp3) is 0.378. The zero-order valence-electron chi connectivity index (χ0n) is 35.0. The Morgan fingerprint density at radius 2 is 1.22 bits per heavy atom. The van der Waals surface area contributed by atoms with E-state index in [4.69, 9.17) is 16.6 Å². The summed E-state index contributed by atoms with van der Waals surface area (Å²) in [4.78, 5) is 61.6. The highest BCUT2D eigenvalue weighted by Gasteiger charge is 2.43. The van der Waals surface area contributed by atoms with E-state index in [1.807, 2.05) is 13.8 Å². The second-order valence-corrected chi connectivity index (χ2v) is 16.0. The Morgan fingerprint density at radius 3 is 1.72 bits per heavy atom. The van der Waals surface area contributed by atoms with Gasteiger partial charge in [0.25, 0.3) is 0 Å². The van der Waals surface area contributed by atoms with Gasteiger partial charge in [-0.05, 0) is 99.4 Å². The third-order valence-electron chi connectivity index (χ3n) is 12.0. The molecular formula is C45H49ClF4N12O2. The number of hydrogen-bond acceptors (Lipinski definition) is 10. The Bertz CT molecular complexity index is 2620. The van der Waals surface area contributed by atoms with Crippen molar-refractivity contribution in [1.29, 1.82) is 0 Å². The van der Waals surface area contributed by atoms with Crippen LogP contribution in [0.5, 0.6) is 0 Å². The molecule has 19 heteroatoms. The molecule has 0 radical (unpaired) electrons. The molecular weight excluding hydrogens is 852 g/mol. The van der Waals surface area contributed by atoms with E-state index in [0.717, 1.165) is 74.3 Å². The van der Waals surface area contributed by atoms with Gasteiger partial charge in [-0.3, -0.25) is 14.2 Å². The van der Waals surface area contributed by atoms with E-state index in [2.05, 4.69) is 39.7 Å². The molecule has 6 heterocycles. The zero-order valence-corrected chi connectivity index (χ0v) is 35.8. The predicted molar refractivity (Wildman–Crippen MR) is 237 cm³/mol. The molecule has 0 unspecified atom stereocenters. The lowest BCUT2D eigenvalue weighted by Crippen LogP contribution is -2.57. The van der Waals surface area contributed by atoms with Gasteiger partial charge in [-0.1, -0.05) is 21.3 Å². The smallest absolute Gasteiger partial charge is 0.249 e. The third kappa shape index (κ3) is 8.62. The van der Waals surface area contributed by atoms with Crippen LogP contribution >= 0.6 is 11.6 Å². The number of nitrogens with zero attached hydrogens (tertiary/aromatic N) is 11. The van der Waals surface area contributed by atoms with Gasteiger partial charge in [0.15, 0.2) is 34.9 Å². The van der Waals surface area contributed by atoms with Gasteiger partial charge < -0.3 is 24.6 Å². The number of aromatic amines is 1. The molecule has 2 atom stereocenters. The summed E-state index contributed by atoms with van der Waals surface area (Å²) in [5.74, 6) is -0.604. The molecule has 2 aromatic carbocycles. The summed E-state index contributed by atoms with van der Waals surface area (Å²) in [6.45, 7) is 4.04. The van der Waals surface area contributed by atoms with Crippen LogP contribution in [-0.2, 0) is 9.59 Å². The van der Waals surface area contributed by atoms with Crippen LogP contribution in [0.2, 0.25) is 5.28 Å². The second kappa shape index (κ2) is 19.1. The van der Waals surface area contributed by atoms with Crippen molar-refractivity contribution in [2.75, 3.05) is 33.7 Å². The number of anilines is 4. The number of halogens is 5. The van der Waals surface area contributed by atoms with E-state index in [1.54, 1.807) is 65.6 Å². The molecule has 336 valence electrons. The zero-order chi connectivity index (χ0) is 44.5. The standard InChI is InChI=1S/C22H22F2N6O.C13H17ClN4O.C9H6F2N2.CH4/c1-3-17-21(31)28(2)18-12-26-22(27-20(18)30(17)14-5-4-6-14)29-10-9-25-19(29)13-7-8-15(23)16(24)11-13;1-3-9-12(19)17(2)10-7-15-13(14)16-11(10)18(9)8-5-4-6-8;10-7-2-1-6(5-8(7)11)9-12-3-4-13-9;/h7-12,14,17H,3-6H2,1-2H3;7-9H,3-6H2,1-2H3;1-5H,(H,12,13);1H4/t17-;9-;;/m11../s1. The monoisotopic (exact) mass is 900 g/mol. The van der Waals surface area contributed by atoms with Crippen LogP contribution in [0.1, 0.15) is 72.6 Å². The molecule has 4 aromatic heterocycles. The van der Waals surface area contributed by atoms with Crippen molar-refractivity contribution in [2.45, 2.75) is 96.8 Å². The number of aromatic nitrogens is 8. The van der Waals surface area contributed by atoms with Crippen LogP contribution in [0.4, 0.5) is 40.6 Å². The molecule has 0 bridgehead atoms. The first-order valence-electron chi connectivity index (χ1n) is 20.8. The van der Waals surface area contributed by atoms with Crippen LogP contribution in [0.3, 0.4) is 0 Å². The molecule has 6 aromatic rings. The molecule has 2 amide bonds.